The Morgan fingerprint density at radius 3 is 2.47 bits per heavy atom. The van der Waals surface area contributed by atoms with Gasteiger partial charge in [0, 0.05) is 5.56 Å². The third-order valence-corrected chi connectivity index (χ3v) is 2.95. The molecule has 5 heteroatoms. The second kappa shape index (κ2) is 4.20. The number of aromatic hydroxyl groups is 2. The zero-order valence-electron chi connectivity index (χ0n) is 10.2. The average molecular weight is 256 g/mol. The molecule has 0 atom stereocenters. The number of hydrogen-bond acceptors (Lipinski definition) is 4. The highest BCUT2D eigenvalue weighted by Crippen LogP contribution is 2.34. The predicted octanol–water partition coefficient (Wildman–Crippen LogP) is 2.65. The summed E-state index contributed by atoms with van der Waals surface area (Å²) in [5.74, 6) is 1.22. The molecule has 5 nitrogen and oxygen atoms in total. The largest absolute Gasteiger partial charge is 0.508 e. The number of rotatable bonds is 2. The Hall–Kier alpha value is -2.69. The third-order valence-electron chi connectivity index (χ3n) is 2.95. The summed E-state index contributed by atoms with van der Waals surface area (Å²) in [5.41, 5.74) is 2.01. The van der Waals surface area contributed by atoms with Crippen molar-refractivity contribution >= 4 is 11.0 Å². The summed E-state index contributed by atoms with van der Waals surface area (Å²) in [6, 6.07) is 10.1. The second-order valence-corrected chi connectivity index (χ2v) is 4.14. The maximum absolute atomic E-state index is 10.0. The van der Waals surface area contributed by atoms with Crippen molar-refractivity contribution in [1.82, 2.24) is 9.97 Å². The molecule has 96 valence electrons. The van der Waals surface area contributed by atoms with Gasteiger partial charge in [-0.15, -0.1) is 0 Å². The van der Waals surface area contributed by atoms with Crippen LogP contribution in [0.15, 0.2) is 36.4 Å². The van der Waals surface area contributed by atoms with Crippen LogP contribution >= 0.6 is 0 Å². The van der Waals surface area contributed by atoms with Gasteiger partial charge in [-0.05, 0) is 36.4 Å². The van der Waals surface area contributed by atoms with Crippen LogP contribution in [-0.4, -0.2) is 27.3 Å². The molecule has 3 aromatic rings. The summed E-state index contributed by atoms with van der Waals surface area (Å²) in [5, 5.41) is 19.3. The van der Waals surface area contributed by atoms with Gasteiger partial charge in [0.25, 0.3) is 0 Å². The summed E-state index contributed by atoms with van der Waals surface area (Å²) >= 11 is 0. The van der Waals surface area contributed by atoms with Crippen molar-refractivity contribution in [2.75, 3.05) is 7.11 Å². The first-order valence-corrected chi connectivity index (χ1v) is 5.74. The van der Waals surface area contributed by atoms with Crippen molar-refractivity contribution in [2.45, 2.75) is 0 Å². The molecule has 3 rings (SSSR count). The number of aromatic amines is 1. The van der Waals surface area contributed by atoms with Gasteiger partial charge in [-0.25, -0.2) is 4.98 Å². The fourth-order valence-corrected chi connectivity index (χ4v) is 1.96. The topological polar surface area (TPSA) is 78.4 Å². The Kier molecular flexibility index (Phi) is 2.52. The fourth-order valence-electron chi connectivity index (χ4n) is 1.96. The number of hydrogen-bond donors (Lipinski definition) is 3. The first kappa shape index (κ1) is 11.4. The van der Waals surface area contributed by atoms with E-state index in [1.54, 1.807) is 36.4 Å². The Balaban J connectivity index is 2.16. The zero-order valence-corrected chi connectivity index (χ0v) is 10.2. The van der Waals surface area contributed by atoms with Crippen molar-refractivity contribution in [3.8, 4) is 28.6 Å². The van der Waals surface area contributed by atoms with Gasteiger partial charge in [-0.1, -0.05) is 0 Å². The van der Waals surface area contributed by atoms with Crippen LogP contribution < -0.4 is 4.74 Å². The van der Waals surface area contributed by atoms with E-state index in [2.05, 4.69) is 9.97 Å². The number of phenolic OH excluding ortho intramolecular Hbond substituents is 2. The van der Waals surface area contributed by atoms with Crippen molar-refractivity contribution in [1.29, 1.82) is 0 Å². The summed E-state index contributed by atoms with van der Waals surface area (Å²) < 4.78 is 5.05. The maximum Gasteiger partial charge on any atom is 0.186 e. The number of imidazole rings is 1. The van der Waals surface area contributed by atoms with E-state index in [1.165, 1.54) is 7.11 Å². The number of fused-ring (bicyclic) bond motifs is 1. The summed E-state index contributed by atoms with van der Waals surface area (Å²) in [4.78, 5) is 7.47. The molecule has 1 heterocycles. The van der Waals surface area contributed by atoms with Crippen molar-refractivity contribution in [3.63, 3.8) is 0 Å². The molecular formula is C14H12N2O3. The SMILES string of the molecule is COc1ccc2[nH]c(-c3ccc(O)cc3)nc2c1O. The molecule has 0 radical (unpaired) electrons. The van der Waals surface area contributed by atoms with Crippen LogP contribution in [0.25, 0.3) is 22.4 Å². The lowest BCUT2D eigenvalue weighted by Crippen LogP contribution is -1.83. The molecule has 0 fully saturated rings. The van der Waals surface area contributed by atoms with Crippen molar-refractivity contribution in [2.24, 2.45) is 0 Å². The highest BCUT2D eigenvalue weighted by atomic mass is 16.5. The minimum atomic E-state index is 0.0151. The Labute approximate surface area is 109 Å². The molecule has 0 bridgehead atoms. The van der Waals surface area contributed by atoms with Crippen LogP contribution in [0.4, 0.5) is 0 Å². The van der Waals surface area contributed by atoms with Gasteiger partial charge < -0.3 is 19.9 Å². The molecule has 0 aliphatic heterocycles. The lowest BCUT2D eigenvalue weighted by Gasteiger charge is -2.01. The number of ether oxygens (including phenoxy) is 1. The number of nitrogens with zero attached hydrogens (tertiary/aromatic N) is 1. The molecule has 0 unspecified atom stereocenters. The first-order valence-electron chi connectivity index (χ1n) is 5.74. The van der Waals surface area contributed by atoms with Crippen LogP contribution in [0.5, 0.6) is 17.2 Å². The minimum Gasteiger partial charge on any atom is -0.508 e. The van der Waals surface area contributed by atoms with E-state index in [4.69, 9.17) is 4.74 Å². The molecule has 2 aromatic carbocycles. The standard InChI is InChI=1S/C14H12N2O3/c1-19-11-7-6-10-12(13(11)18)16-14(15-10)8-2-4-9(17)5-3-8/h2-7,17-18H,1H3,(H,15,16). The molecule has 3 N–H and O–H groups in total. The van der Waals surface area contributed by atoms with Crippen molar-refractivity contribution in [3.05, 3.63) is 36.4 Å². The Morgan fingerprint density at radius 2 is 1.79 bits per heavy atom. The molecule has 0 saturated heterocycles. The number of H-pyrrole nitrogens is 1. The predicted molar refractivity (Wildman–Crippen MR) is 71.4 cm³/mol. The van der Waals surface area contributed by atoms with Gasteiger partial charge in [-0.3, -0.25) is 0 Å². The molecule has 0 saturated carbocycles. The van der Waals surface area contributed by atoms with E-state index in [9.17, 15) is 10.2 Å². The van der Waals surface area contributed by atoms with E-state index in [-0.39, 0.29) is 11.5 Å². The summed E-state index contributed by atoms with van der Waals surface area (Å²) in [7, 11) is 1.49. The number of aromatic nitrogens is 2. The van der Waals surface area contributed by atoms with Crippen LogP contribution in [0.2, 0.25) is 0 Å². The van der Waals surface area contributed by atoms with Crippen LogP contribution in [0, 0.1) is 0 Å². The molecule has 0 aliphatic rings. The Morgan fingerprint density at radius 1 is 1.05 bits per heavy atom. The highest BCUT2D eigenvalue weighted by molar-refractivity contribution is 5.87. The first-order chi connectivity index (χ1) is 9.19. The minimum absolute atomic E-state index is 0.0151. The number of nitrogens with one attached hydrogen (secondary N) is 1. The van der Waals surface area contributed by atoms with E-state index < -0.39 is 0 Å². The quantitative estimate of drug-likeness (QED) is 0.658. The molecule has 0 aliphatic carbocycles. The van der Waals surface area contributed by atoms with Gasteiger partial charge in [-0.2, -0.15) is 0 Å². The van der Waals surface area contributed by atoms with E-state index in [1.807, 2.05) is 0 Å². The van der Waals surface area contributed by atoms with Gasteiger partial charge in [0.1, 0.15) is 17.1 Å². The monoisotopic (exact) mass is 256 g/mol. The van der Waals surface area contributed by atoms with E-state index in [0.29, 0.717) is 17.1 Å². The van der Waals surface area contributed by atoms with Gasteiger partial charge in [0.2, 0.25) is 0 Å². The van der Waals surface area contributed by atoms with Crippen LogP contribution in [-0.2, 0) is 0 Å². The number of methoxy groups -OCH3 is 1. The molecule has 19 heavy (non-hydrogen) atoms. The van der Waals surface area contributed by atoms with Gasteiger partial charge in [0.05, 0.1) is 12.6 Å². The average Bonchev–Trinajstić information content (AvgIpc) is 2.85. The van der Waals surface area contributed by atoms with Crippen molar-refractivity contribution < 1.29 is 14.9 Å². The third kappa shape index (κ3) is 1.85. The molecule has 0 spiro atoms. The normalized spacial score (nSPS) is 10.8. The van der Waals surface area contributed by atoms with E-state index in [0.717, 1.165) is 11.1 Å². The fraction of sp³-hybridized carbons (Fsp3) is 0.0714. The van der Waals surface area contributed by atoms with E-state index >= 15 is 0 Å². The molecule has 1 aromatic heterocycles. The number of benzene rings is 2. The smallest absolute Gasteiger partial charge is 0.186 e. The maximum atomic E-state index is 10.0. The summed E-state index contributed by atoms with van der Waals surface area (Å²) in [6.45, 7) is 0. The molecule has 0 amide bonds. The van der Waals surface area contributed by atoms with Crippen LogP contribution in [0.1, 0.15) is 0 Å². The number of phenols is 2. The molecular weight excluding hydrogens is 244 g/mol. The van der Waals surface area contributed by atoms with Gasteiger partial charge in [0.15, 0.2) is 11.5 Å². The zero-order chi connectivity index (χ0) is 13.4. The summed E-state index contributed by atoms with van der Waals surface area (Å²) in [6.07, 6.45) is 0. The Bertz CT molecular complexity index is 732. The highest BCUT2D eigenvalue weighted by Gasteiger charge is 2.12. The second-order valence-electron chi connectivity index (χ2n) is 4.14. The lowest BCUT2D eigenvalue weighted by atomic mass is 10.2. The van der Waals surface area contributed by atoms with Crippen LogP contribution in [0.3, 0.4) is 0 Å². The van der Waals surface area contributed by atoms with Gasteiger partial charge >= 0.3 is 0 Å². The lowest BCUT2D eigenvalue weighted by molar-refractivity contribution is 0.376.